The van der Waals surface area contributed by atoms with Crippen LogP contribution in [0.4, 0.5) is 5.69 Å². The zero-order valence-corrected chi connectivity index (χ0v) is 20.3. The lowest BCUT2D eigenvalue weighted by molar-refractivity contribution is 0.0746. The van der Waals surface area contributed by atoms with Gasteiger partial charge in [-0.1, -0.05) is 24.0 Å². The Hall–Kier alpha value is -4.36. The average molecular weight is 505 g/mol. The molecule has 0 atom stereocenters. The molecule has 2 aromatic carbocycles. The Morgan fingerprint density at radius 1 is 0.972 bits per heavy atom. The number of hydrogen-bond acceptors (Lipinski definition) is 7. The minimum absolute atomic E-state index is 0.0239. The molecule has 0 bridgehead atoms. The van der Waals surface area contributed by atoms with Gasteiger partial charge in [-0.25, -0.2) is 13.1 Å². The van der Waals surface area contributed by atoms with E-state index in [-0.39, 0.29) is 17.2 Å². The van der Waals surface area contributed by atoms with Crippen LogP contribution >= 0.6 is 0 Å². The second-order valence-corrected chi connectivity index (χ2v) is 10.0. The highest BCUT2D eigenvalue weighted by atomic mass is 32.2. The summed E-state index contributed by atoms with van der Waals surface area (Å²) in [4.78, 5) is 33.0. The van der Waals surface area contributed by atoms with Gasteiger partial charge in [-0.2, -0.15) is 0 Å². The third kappa shape index (κ3) is 6.20. The van der Waals surface area contributed by atoms with Crippen LogP contribution in [0.25, 0.3) is 0 Å². The molecule has 3 aromatic rings. The van der Waals surface area contributed by atoms with E-state index in [1.807, 2.05) is 10.8 Å². The third-order valence-electron chi connectivity index (χ3n) is 5.56. The molecule has 2 N–H and O–H groups in total. The van der Waals surface area contributed by atoms with Crippen LogP contribution in [0.5, 0.6) is 5.75 Å². The zero-order chi connectivity index (χ0) is 25.7. The second-order valence-electron chi connectivity index (χ2n) is 8.26. The molecule has 0 saturated carbocycles. The normalized spacial score (nSPS) is 13.5. The van der Waals surface area contributed by atoms with Crippen LogP contribution < -0.4 is 9.62 Å². The van der Waals surface area contributed by atoms with Gasteiger partial charge in [0.1, 0.15) is 5.75 Å². The lowest BCUT2D eigenvalue weighted by atomic mass is 10.1. The molecule has 0 spiro atoms. The van der Waals surface area contributed by atoms with Gasteiger partial charge in [-0.05, 0) is 42.5 Å². The van der Waals surface area contributed by atoms with Crippen LogP contribution in [-0.2, 0) is 10.0 Å². The van der Waals surface area contributed by atoms with Crippen LogP contribution in [0, 0.1) is 11.8 Å². The van der Waals surface area contributed by atoms with Crippen molar-refractivity contribution in [1.29, 1.82) is 0 Å². The Balaban J connectivity index is 1.41. The topological polar surface area (TPSA) is 120 Å². The van der Waals surface area contributed by atoms with Gasteiger partial charge in [0.25, 0.3) is 11.8 Å². The highest BCUT2D eigenvalue weighted by Gasteiger charge is 2.24. The maximum atomic E-state index is 13.3. The summed E-state index contributed by atoms with van der Waals surface area (Å²) in [5.74, 6) is 5.19. The van der Waals surface area contributed by atoms with E-state index in [0.717, 1.165) is 11.9 Å². The van der Waals surface area contributed by atoms with Crippen molar-refractivity contribution >= 4 is 27.5 Å². The summed E-state index contributed by atoms with van der Waals surface area (Å²) in [5, 5.41) is 9.57. The van der Waals surface area contributed by atoms with E-state index in [2.05, 4.69) is 21.7 Å². The van der Waals surface area contributed by atoms with E-state index in [1.165, 1.54) is 12.3 Å². The van der Waals surface area contributed by atoms with Crippen LogP contribution in [0.2, 0.25) is 0 Å². The minimum atomic E-state index is -3.63. The number of nitrogens with zero attached hydrogens (tertiary/aromatic N) is 3. The fourth-order valence-electron chi connectivity index (χ4n) is 3.80. The van der Waals surface area contributed by atoms with Gasteiger partial charge in [-0.3, -0.25) is 14.6 Å². The standard InChI is InChI=1S/C26H24N4O5S/c1-36(34,35)28-25(32)21-8-10-22(11-9-21)29-12-14-30(15-13-29)26(33)24-5-3-2-4-20(24)7-6-19-16-23(31)18-27-17-19/h2-5,8-11,16-18,31H,12-15H2,1H3,(H,28,32). The summed E-state index contributed by atoms with van der Waals surface area (Å²) in [6, 6.07) is 15.3. The summed E-state index contributed by atoms with van der Waals surface area (Å²) in [7, 11) is -3.63. The number of hydrogen-bond donors (Lipinski definition) is 2. The quantitative estimate of drug-likeness (QED) is 0.520. The van der Waals surface area contributed by atoms with Crippen molar-refractivity contribution in [3.8, 4) is 17.6 Å². The molecule has 9 nitrogen and oxygen atoms in total. The van der Waals surface area contributed by atoms with Gasteiger partial charge >= 0.3 is 0 Å². The van der Waals surface area contributed by atoms with Gasteiger partial charge in [0.2, 0.25) is 10.0 Å². The number of anilines is 1. The molecule has 1 aliphatic rings. The predicted molar refractivity (Wildman–Crippen MR) is 135 cm³/mol. The van der Waals surface area contributed by atoms with E-state index >= 15 is 0 Å². The van der Waals surface area contributed by atoms with Gasteiger partial charge in [0.05, 0.1) is 18.0 Å². The van der Waals surface area contributed by atoms with Crippen molar-refractivity contribution in [1.82, 2.24) is 14.6 Å². The Labute approximate surface area is 209 Å². The van der Waals surface area contributed by atoms with Crippen molar-refractivity contribution in [2.45, 2.75) is 0 Å². The summed E-state index contributed by atoms with van der Waals surface area (Å²) in [5.41, 5.74) is 2.77. The number of carbonyl (C=O) groups excluding carboxylic acids is 2. The summed E-state index contributed by atoms with van der Waals surface area (Å²) < 4.78 is 24.5. The third-order valence-corrected chi connectivity index (χ3v) is 6.12. The smallest absolute Gasteiger partial charge is 0.264 e. The van der Waals surface area contributed by atoms with E-state index < -0.39 is 15.9 Å². The number of nitrogens with one attached hydrogen (secondary N) is 1. The number of benzene rings is 2. The largest absolute Gasteiger partial charge is 0.506 e. The summed E-state index contributed by atoms with van der Waals surface area (Å²) in [6.45, 7) is 2.22. The first-order valence-corrected chi connectivity index (χ1v) is 13.0. The van der Waals surface area contributed by atoms with Gasteiger partial charge in [0, 0.05) is 54.8 Å². The molecular formula is C26H24N4O5S. The lowest BCUT2D eigenvalue weighted by Gasteiger charge is -2.36. The number of aromatic hydroxyl groups is 1. The average Bonchev–Trinajstić information content (AvgIpc) is 2.86. The number of carbonyl (C=O) groups is 2. The fourth-order valence-corrected chi connectivity index (χ4v) is 4.26. The zero-order valence-electron chi connectivity index (χ0n) is 19.5. The summed E-state index contributed by atoms with van der Waals surface area (Å²) >= 11 is 0. The first-order chi connectivity index (χ1) is 17.2. The van der Waals surface area contributed by atoms with Crippen molar-refractivity contribution < 1.29 is 23.1 Å². The van der Waals surface area contributed by atoms with Crippen LogP contribution in [0.3, 0.4) is 0 Å². The van der Waals surface area contributed by atoms with E-state index in [4.69, 9.17) is 0 Å². The number of sulfonamides is 1. The van der Waals surface area contributed by atoms with Crippen molar-refractivity contribution in [3.63, 3.8) is 0 Å². The van der Waals surface area contributed by atoms with Gasteiger partial charge < -0.3 is 14.9 Å². The SMILES string of the molecule is CS(=O)(=O)NC(=O)c1ccc(N2CCN(C(=O)c3ccccc3C#Cc3cncc(O)c3)CC2)cc1. The molecule has 1 aromatic heterocycles. The number of rotatable bonds is 4. The molecule has 1 saturated heterocycles. The Morgan fingerprint density at radius 3 is 2.33 bits per heavy atom. The molecular weight excluding hydrogens is 480 g/mol. The van der Waals surface area contributed by atoms with Crippen LogP contribution in [0.15, 0.2) is 67.0 Å². The molecule has 4 rings (SSSR count). The molecule has 184 valence electrons. The van der Waals surface area contributed by atoms with Gasteiger partial charge in [0.15, 0.2) is 0 Å². The lowest BCUT2D eigenvalue weighted by Crippen LogP contribution is -2.49. The van der Waals surface area contributed by atoms with Crippen LogP contribution in [-0.4, -0.2) is 67.7 Å². The summed E-state index contributed by atoms with van der Waals surface area (Å²) in [6.07, 6.45) is 3.80. The first kappa shape index (κ1) is 24.8. The molecule has 2 amide bonds. The maximum absolute atomic E-state index is 13.3. The van der Waals surface area contributed by atoms with Crippen molar-refractivity contribution in [3.05, 3.63) is 89.2 Å². The van der Waals surface area contributed by atoms with E-state index in [1.54, 1.807) is 53.6 Å². The number of aromatic nitrogens is 1. The Morgan fingerprint density at radius 2 is 1.67 bits per heavy atom. The molecule has 1 aliphatic heterocycles. The molecule has 0 unspecified atom stereocenters. The molecule has 2 heterocycles. The highest BCUT2D eigenvalue weighted by molar-refractivity contribution is 7.89. The monoisotopic (exact) mass is 504 g/mol. The fraction of sp³-hybridized carbons (Fsp3) is 0.192. The maximum Gasteiger partial charge on any atom is 0.264 e. The number of pyridine rings is 1. The van der Waals surface area contributed by atoms with E-state index in [0.29, 0.717) is 42.9 Å². The van der Waals surface area contributed by atoms with E-state index in [9.17, 15) is 23.1 Å². The molecule has 0 radical (unpaired) electrons. The van der Waals surface area contributed by atoms with Gasteiger partial charge in [-0.15, -0.1) is 0 Å². The van der Waals surface area contributed by atoms with Crippen molar-refractivity contribution in [2.75, 3.05) is 37.3 Å². The Bertz CT molecular complexity index is 1450. The molecule has 36 heavy (non-hydrogen) atoms. The number of piperazine rings is 1. The highest BCUT2D eigenvalue weighted by Crippen LogP contribution is 2.19. The minimum Gasteiger partial charge on any atom is -0.506 e. The second kappa shape index (κ2) is 10.5. The predicted octanol–water partition coefficient (Wildman–Crippen LogP) is 1.84. The van der Waals surface area contributed by atoms with Crippen LogP contribution in [0.1, 0.15) is 31.8 Å². The molecule has 0 aliphatic carbocycles. The van der Waals surface area contributed by atoms with Crippen molar-refractivity contribution in [2.24, 2.45) is 0 Å². The molecule has 10 heteroatoms. The molecule has 1 fully saturated rings. The number of amides is 2. The first-order valence-electron chi connectivity index (χ1n) is 11.1. The Kier molecular flexibility index (Phi) is 7.22.